The van der Waals surface area contributed by atoms with Gasteiger partial charge >= 0.3 is 0 Å². The molecule has 0 amide bonds. The highest BCUT2D eigenvalue weighted by Gasteiger charge is 2.42. The molecule has 1 aromatic rings. The van der Waals surface area contributed by atoms with E-state index in [9.17, 15) is 10.1 Å². The van der Waals surface area contributed by atoms with Crippen molar-refractivity contribution in [2.24, 2.45) is 5.92 Å². The van der Waals surface area contributed by atoms with Crippen LogP contribution in [-0.2, 0) is 6.54 Å². The van der Waals surface area contributed by atoms with Gasteiger partial charge in [-0.3, -0.25) is 19.9 Å². The Bertz CT molecular complexity index is 615. The zero-order valence-electron chi connectivity index (χ0n) is 15.0. The van der Waals surface area contributed by atoms with Crippen LogP contribution in [0.2, 0.25) is 0 Å². The maximum Gasteiger partial charge on any atom is 0.269 e. The van der Waals surface area contributed by atoms with Gasteiger partial charge in [-0.15, -0.1) is 0 Å². The molecule has 136 valence electrons. The number of hydrogen-bond acceptors (Lipinski definition) is 4. The molecule has 4 rings (SSSR count). The number of rotatable bonds is 4. The van der Waals surface area contributed by atoms with Gasteiger partial charge in [0.25, 0.3) is 5.69 Å². The topological polar surface area (TPSA) is 49.6 Å². The van der Waals surface area contributed by atoms with Gasteiger partial charge in [0.05, 0.1) is 4.92 Å². The molecule has 1 aromatic carbocycles. The molecule has 2 atom stereocenters. The SMILES string of the molecule is O=[N+]([O-])c1cccc(CN2CCN3CCC[C@@H]3[C@@H]2C2CCCCC2)c1. The molecule has 3 fully saturated rings. The third-order valence-corrected chi connectivity index (χ3v) is 6.54. The Balaban J connectivity index is 1.55. The Morgan fingerprint density at radius 2 is 1.88 bits per heavy atom. The summed E-state index contributed by atoms with van der Waals surface area (Å²) in [5.41, 5.74) is 1.30. The number of nitro benzene ring substituents is 1. The number of hydrogen-bond donors (Lipinski definition) is 0. The van der Waals surface area contributed by atoms with Gasteiger partial charge in [0.2, 0.25) is 0 Å². The zero-order chi connectivity index (χ0) is 17.2. The molecule has 5 heteroatoms. The molecular weight excluding hydrogens is 314 g/mol. The fourth-order valence-electron chi connectivity index (χ4n) is 5.44. The molecule has 0 N–H and O–H groups in total. The molecule has 25 heavy (non-hydrogen) atoms. The van der Waals surface area contributed by atoms with Gasteiger partial charge in [-0.05, 0) is 43.7 Å². The second-order valence-corrected chi connectivity index (χ2v) is 8.03. The fourth-order valence-corrected chi connectivity index (χ4v) is 5.44. The molecule has 0 radical (unpaired) electrons. The maximum atomic E-state index is 11.1. The van der Waals surface area contributed by atoms with Crippen molar-refractivity contribution in [2.45, 2.75) is 63.6 Å². The van der Waals surface area contributed by atoms with Crippen LogP contribution < -0.4 is 0 Å². The van der Waals surface area contributed by atoms with E-state index in [4.69, 9.17) is 0 Å². The van der Waals surface area contributed by atoms with Crippen molar-refractivity contribution >= 4 is 5.69 Å². The molecular formula is C20H29N3O2. The van der Waals surface area contributed by atoms with Crippen LogP contribution in [0.15, 0.2) is 24.3 Å². The van der Waals surface area contributed by atoms with Crippen molar-refractivity contribution in [3.05, 3.63) is 39.9 Å². The second-order valence-electron chi connectivity index (χ2n) is 8.03. The highest BCUT2D eigenvalue weighted by atomic mass is 16.6. The first-order valence-electron chi connectivity index (χ1n) is 9.94. The average Bonchev–Trinajstić information content (AvgIpc) is 3.11. The summed E-state index contributed by atoms with van der Waals surface area (Å²) in [6, 6.07) is 8.57. The van der Waals surface area contributed by atoms with Crippen LogP contribution in [0.4, 0.5) is 5.69 Å². The number of benzene rings is 1. The summed E-state index contributed by atoms with van der Waals surface area (Å²) in [6.45, 7) is 4.37. The molecule has 0 spiro atoms. The number of fused-ring (bicyclic) bond motifs is 1. The Labute approximate surface area is 150 Å². The fraction of sp³-hybridized carbons (Fsp3) is 0.700. The lowest BCUT2D eigenvalue weighted by Crippen LogP contribution is -2.59. The van der Waals surface area contributed by atoms with Gasteiger partial charge in [0.15, 0.2) is 0 Å². The summed E-state index contributed by atoms with van der Waals surface area (Å²) < 4.78 is 0. The first kappa shape index (κ1) is 17.0. The van der Waals surface area contributed by atoms with Gasteiger partial charge in [-0.2, -0.15) is 0 Å². The molecule has 1 saturated carbocycles. The highest BCUT2D eigenvalue weighted by molar-refractivity contribution is 5.34. The zero-order valence-corrected chi connectivity index (χ0v) is 15.0. The first-order chi connectivity index (χ1) is 12.2. The number of non-ortho nitro benzene ring substituents is 1. The monoisotopic (exact) mass is 343 g/mol. The normalized spacial score (nSPS) is 28.8. The summed E-state index contributed by atoms with van der Waals surface area (Å²) in [6.07, 6.45) is 9.52. The molecule has 0 bridgehead atoms. The van der Waals surface area contributed by atoms with E-state index in [-0.39, 0.29) is 10.6 Å². The number of piperazine rings is 1. The number of nitrogens with zero attached hydrogens (tertiary/aromatic N) is 3. The van der Waals surface area contributed by atoms with Crippen LogP contribution in [0.3, 0.4) is 0 Å². The quantitative estimate of drug-likeness (QED) is 0.616. The van der Waals surface area contributed by atoms with E-state index in [2.05, 4.69) is 9.80 Å². The third-order valence-electron chi connectivity index (χ3n) is 6.54. The van der Waals surface area contributed by atoms with Crippen molar-refractivity contribution in [2.75, 3.05) is 19.6 Å². The van der Waals surface area contributed by atoms with E-state index >= 15 is 0 Å². The largest absolute Gasteiger partial charge is 0.298 e. The first-order valence-corrected chi connectivity index (χ1v) is 9.94. The summed E-state index contributed by atoms with van der Waals surface area (Å²) in [7, 11) is 0. The third kappa shape index (κ3) is 3.58. The predicted octanol–water partition coefficient (Wildman–Crippen LogP) is 3.82. The minimum absolute atomic E-state index is 0.214. The summed E-state index contributed by atoms with van der Waals surface area (Å²) in [4.78, 5) is 16.2. The van der Waals surface area contributed by atoms with Crippen molar-refractivity contribution < 1.29 is 4.92 Å². The van der Waals surface area contributed by atoms with Crippen molar-refractivity contribution in [3.8, 4) is 0 Å². The molecule has 3 aliphatic rings. The predicted molar refractivity (Wildman–Crippen MR) is 98.5 cm³/mol. The summed E-state index contributed by atoms with van der Waals surface area (Å²) >= 11 is 0. The second kappa shape index (κ2) is 7.42. The Hall–Kier alpha value is -1.46. The van der Waals surface area contributed by atoms with Crippen LogP contribution in [0, 0.1) is 16.0 Å². The van der Waals surface area contributed by atoms with Crippen LogP contribution in [-0.4, -0.2) is 46.4 Å². The van der Waals surface area contributed by atoms with Crippen LogP contribution in [0.25, 0.3) is 0 Å². The van der Waals surface area contributed by atoms with E-state index in [1.54, 1.807) is 12.1 Å². The van der Waals surface area contributed by atoms with E-state index in [1.165, 1.54) is 51.5 Å². The van der Waals surface area contributed by atoms with E-state index in [0.717, 1.165) is 31.1 Å². The van der Waals surface area contributed by atoms with Gasteiger partial charge in [0, 0.05) is 43.9 Å². The van der Waals surface area contributed by atoms with Gasteiger partial charge in [-0.1, -0.05) is 31.4 Å². The van der Waals surface area contributed by atoms with Crippen molar-refractivity contribution in [1.29, 1.82) is 0 Å². The molecule has 0 unspecified atom stereocenters. The minimum Gasteiger partial charge on any atom is -0.298 e. The molecule has 5 nitrogen and oxygen atoms in total. The standard InChI is InChI=1S/C20H29N3O2/c24-23(25)18-9-4-6-16(14-18)15-22-13-12-21-11-5-10-19(21)20(22)17-7-2-1-3-8-17/h4,6,9,14,17,19-20H,1-3,5,7-8,10-13,15H2/t19-,20+/m1/s1. The van der Waals surface area contributed by atoms with Crippen LogP contribution in [0.1, 0.15) is 50.5 Å². The van der Waals surface area contributed by atoms with Gasteiger partial charge < -0.3 is 0 Å². The molecule has 2 heterocycles. The molecule has 1 aliphatic carbocycles. The Morgan fingerprint density at radius 3 is 2.68 bits per heavy atom. The van der Waals surface area contributed by atoms with E-state index in [0.29, 0.717) is 12.1 Å². The van der Waals surface area contributed by atoms with Gasteiger partial charge in [0.1, 0.15) is 0 Å². The summed E-state index contributed by atoms with van der Waals surface area (Å²) in [5, 5.41) is 11.1. The average molecular weight is 343 g/mol. The smallest absolute Gasteiger partial charge is 0.269 e. The van der Waals surface area contributed by atoms with Gasteiger partial charge in [-0.25, -0.2) is 0 Å². The van der Waals surface area contributed by atoms with Crippen molar-refractivity contribution in [1.82, 2.24) is 9.80 Å². The van der Waals surface area contributed by atoms with Crippen LogP contribution >= 0.6 is 0 Å². The molecule has 2 aliphatic heterocycles. The molecule has 2 saturated heterocycles. The highest BCUT2D eigenvalue weighted by Crippen LogP contribution is 2.38. The maximum absolute atomic E-state index is 11.1. The lowest BCUT2D eigenvalue weighted by Gasteiger charge is -2.49. The number of nitro groups is 1. The van der Waals surface area contributed by atoms with Crippen LogP contribution in [0.5, 0.6) is 0 Å². The lowest BCUT2D eigenvalue weighted by molar-refractivity contribution is -0.384. The minimum atomic E-state index is -0.281. The van der Waals surface area contributed by atoms with Crippen molar-refractivity contribution in [3.63, 3.8) is 0 Å². The van der Waals surface area contributed by atoms with E-state index < -0.39 is 0 Å². The Kier molecular flexibility index (Phi) is 5.04. The molecule has 0 aromatic heterocycles. The summed E-state index contributed by atoms with van der Waals surface area (Å²) in [5.74, 6) is 0.804. The van der Waals surface area contributed by atoms with E-state index in [1.807, 2.05) is 12.1 Å². The lowest BCUT2D eigenvalue weighted by atomic mass is 9.78. The Morgan fingerprint density at radius 1 is 1.04 bits per heavy atom.